The molecular formula is C10H15N3OS2. The largest absolute Gasteiger partial charge is 0.375 e. The summed E-state index contributed by atoms with van der Waals surface area (Å²) in [4.78, 5) is 18.8. The van der Waals surface area contributed by atoms with Crippen molar-refractivity contribution in [3.8, 4) is 0 Å². The van der Waals surface area contributed by atoms with Crippen molar-refractivity contribution >= 4 is 34.1 Å². The Morgan fingerprint density at radius 2 is 2.38 bits per heavy atom. The summed E-state index contributed by atoms with van der Waals surface area (Å²) in [7, 11) is 1.87. The third-order valence-electron chi connectivity index (χ3n) is 2.78. The number of nitrogens with two attached hydrogens (primary N) is 1. The Bertz CT molecular complexity index is 399. The van der Waals surface area contributed by atoms with Crippen LogP contribution in [0.2, 0.25) is 0 Å². The highest BCUT2D eigenvalue weighted by molar-refractivity contribution is 7.99. The molecule has 4 nitrogen and oxygen atoms in total. The summed E-state index contributed by atoms with van der Waals surface area (Å²) in [5.41, 5.74) is 6.34. The second-order valence-corrected chi connectivity index (χ2v) is 6.08. The van der Waals surface area contributed by atoms with Crippen LogP contribution >= 0.6 is 23.1 Å². The van der Waals surface area contributed by atoms with Crippen molar-refractivity contribution in [1.29, 1.82) is 0 Å². The van der Waals surface area contributed by atoms with E-state index in [2.05, 4.69) is 4.98 Å². The molecule has 2 rings (SSSR count). The van der Waals surface area contributed by atoms with Gasteiger partial charge in [-0.15, -0.1) is 0 Å². The molecular weight excluding hydrogens is 242 g/mol. The number of amides is 1. The third kappa shape index (κ3) is 2.17. The Morgan fingerprint density at radius 1 is 1.62 bits per heavy atom. The quantitative estimate of drug-likeness (QED) is 0.874. The Labute approximate surface area is 103 Å². The molecule has 1 aliphatic heterocycles. The maximum atomic E-state index is 12.2. The fraction of sp³-hybridized carbons (Fsp3) is 0.600. The maximum absolute atomic E-state index is 12.2. The van der Waals surface area contributed by atoms with Gasteiger partial charge in [0.2, 0.25) is 0 Å². The van der Waals surface area contributed by atoms with Gasteiger partial charge in [0.25, 0.3) is 5.91 Å². The predicted molar refractivity (Wildman–Crippen MR) is 69.1 cm³/mol. The van der Waals surface area contributed by atoms with E-state index in [1.54, 1.807) is 0 Å². The predicted octanol–water partition coefficient (Wildman–Crippen LogP) is 1.61. The van der Waals surface area contributed by atoms with Crippen molar-refractivity contribution < 1.29 is 4.79 Å². The Balaban J connectivity index is 2.14. The van der Waals surface area contributed by atoms with Crippen LogP contribution in [0.3, 0.4) is 0 Å². The number of rotatable bonds is 2. The monoisotopic (exact) mass is 257 g/mol. The van der Waals surface area contributed by atoms with Gasteiger partial charge in [0.05, 0.1) is 5.69 Å². The molecule has 16 heavy (non-hydrogen) atoms. The van der Waals surface area contributed by atoms with E-state index < -0.39 is 0 Å². The molecule has 1 saturated heterocycles. The zero-order chi connectivity index (χ0) is 11.7. The minimum atomic E-state index is 0.0548. The first-order valence-corrected chi connectivity index (χ1v) is 7.14. The molecule has 1 aromatic rings. The summed E-state index contributed by atoms with van der Waals surface area (Å²) in [6, 6.07) is 0.361. The topological polar surface area (TPSA) is 59.2 Å². The molecule has 1 unspecified atom stereocenters. The number of nitrogen functional groups attached to an aromatic ring is 1. The van der Waals surface area contributed by atoms with Crippen LogP contribution in [0.5, 0.6) is 0 Å². The van der Waals surface area contributed by atoms with Crippen LogP contribution in [0.4, 0.5) is 5.13 Å². The normalized spacial score (nSPS) is 20.0. The van der Waals surface area contributed by atoms with E-state index in [1.165, 1.54) is 11.3 Å². The molecule has 88 valence electrons. The molecule has 1 amide bonds. The second kappa shape index (κ2) is 4.63. The maximum Gasteiger partial charge on any atom is 0.265 e. The summed E-state index contributed by atoms with van der Waals surface area (Å²) in [6.07, 6.45) is 1.08. The molecule has 0 spiro atoms. The lowest BCUT2D eigenvalue weighted by molar-refractivity contribution is 0.0752. The second-order valence-electron chi connectivity index (χ2n) is 3.90. The third-order valence-corrected chi connectivity index (χ3v) is 4.90. The SMILES string of the molecule is Cc1nc(N)sc1C(=O)N(C)C1CCSC1. The zero-order valence-corrected chi connectivity index (χ0v) is 11.0. The fourth-order valence-corrected chi connectivity index (χ4v) is 3.85. The molecule has 0 aromatic carbocycles. The number of carbonyl (C=O) groups is 1. The number of carbonyl (C=O) groups excluding carboxylic acids is 1. The van der Waals surface area contributed by atoms with E-state index >= 15 is 0 Å². The Morgan fingerprint density at radius 3 is 2.88 bits per heavy atom. The van der Waals surface area contributed by atoms with Gasteiger partial charge in [0, 0.05) is 18.8 Å². The van der Waals surface area contributed by atoms with E-state index in [0.717, 1.165) is 23.6 Å². The van der Waals surface area contributed by atoms with Gasteiger partial charge in [0.1, 0.15) is 4.88 Å². The van der Waals surface area contributed by atoms with E-state index in [9.17, 15) is 4.79 Å². The van der Waals surface area contributed by atoms with Crippen LogP contribution in [-0.2, 0) is 0 Å². The number of hydrogen-bond acceptors (Lipinski definition) is 5. The molecule has 0 radical (unpaired) electrons. The van der Waals surface area contributed by atoms with Gasteiger partial charge < -0.3 is 10.6 Å². The fourth-order valence-electron chi connectivity index (χ4n) is 1.77. The lowest BCUT2D eigenvalue weighted by Crippen LogP contribution is -2.36. The van der Waals surface area contributed by atoms with Crippen molar-refractivity contribution in [3.63, 3.8) is 0 Å². The van der Waals surface area contributed by atoms with Gasteiger partial charge in [-0.25, -0.2) is 4.98 Å². The van der Waals surface area contributed by atoms with Crippen molar-refractivity contribution in [2.24, 2.45) is 0 Å². The molecule has 2 heterocycles. The van der Waals surface area contributed by atoms with E-state index in [1.807, 2.05) is 30.6 Å². The minimum absolute atomic E-state index is 0.0548. The molecule has 0 bridgehead atoms. The summed E-state index contributed by atoms with van der Waals surface area (Å²) in [6.45, 7) is 1.83. The van der Waals surface area contributed by atoms with Gasteiger partial charge in [-0.3, -0.25) is 4.79 Å². The van der Waals surface area contributed by atoms with E-state index in [4.69, 9.17) is 5.73 Å². The smallest absolute Gasteiger partial charge is 0.265 e. The molecule has 1 aromatic heterocycles. The summed E-state index contributed by atoms with van der Waals surface area (Å²) in [5.74, 6) is 2.24. The lowest BCUT2D eigenvalue weighted by Gasteiger charge is -2.23. The number of anilines is 1. The van der Waals surface area contributed by atoms with Crippen molar-refractivity contribution in [3.05, 3.63) is 10.6 Å². The first-order valence-electron chi connectivity index (χ1n) is 5.17. The van der Waals surface area contributed by atoms with Crippen molar-refractivity contribution in [2.75, 3.05) is 24.3 Å². The van der Waals surface area contributed by atoms with Gasteiger partial charge in [-0.05, 0) is 19.1 Å². The molecule has 6 heteroatoms. The van der Waals surface area contributed by atoms with Crippen LogP contribution in [-0.4, -0.2) is 40.4 Å². The summed E-state index contributed by atoms with van der Waals surface area (Å²) < 4.78 is 0. The van der Waals surface area contributed by atoms with Crippen molar-refractivity contribution in [1.82, 2.24) is 9.88 Å². The zero-order valence-electron chi connectivity index (χ0n) is 9.40. The number of hydrogen-bond donors (Lipinski definition) is 1. The molecule has 0 aliphatic carbocycles. The molecule has 1 fully saturated rings. The lowest BCUT2D eigenvalue weighted by atomic mass is 10.2. The molecule has 1 aliphatic rings. The van der Waals surface area contributed by atoms with Gasteiger partial charge in [-0.2, -0.15) is 11.8 Å². The van der Waals surface area contributed by atoms with Crippen molar-refractivity contribution in [2.45, 2.75) is 19.4 Å². The molecule has 2 N–H and O–H groups in total. The average molecular weight is 257 g/mol. The average Bonchev–Trinajstić information content (AvgIpc) is 2.85. The molecule has 0 saturated carbocycles. The number of thioether (sulfide) groups is 1. The standard InChI is InChI=1S/C10H15N3OS2/c1-6-8(16-10(11)12-6)9(14)13(2)7-3-4-15-5-7/h7H,3-5H2,1-2H3,(H2,11,12). The Kier molecular flexibility index (Phi) is 3.39. The highest BCUT2D eigenvalue weighted by Gasteiger charge is 2.26. The van der Waals surface area contributed by atoms with Gasteiger partial charge in [0.15, 0.2) is 5.13 Å². The first-order chi connectivity index (χ1) is 7.59. The highest BCUT2D eigenvalue weighted by Crippen LogP contribution is 2.26. The highest BCUT2D eigenvalue weighted by atomic mass is 32.2. The minimum Gasteiger partial charge on any atom is -0.375 e. The van der Waals surface area contributed by atoms with Gasteiger partial charge in [-0.1, -0.05) is 11.3 Å². The first kappa shape index (κ1) is 11.7. The number of aryl methyl sites for hydroxylation is 1. The van der Waals surface area contributed by atoms with Crippen LogP contribution < -0.4 is 5.73 Å². The number of aromatic nitrogens is 1. The van der Waals surface area contributed by atoms with E-state index in [0.29, 0.717) is 16.1 Å². The van der Waals surface area contributed by atoms with Gasteiger partial charge >= 0.3 is 0 Å². The number of thiazole rings is 1. The van der Waals surface area contributed by atoms with Crippen LogP contribution in [0.15, 0.2) is 0 Å². The molecule has 1 atom stereocenters. The van der Waals surface area contributed by atoms with E-state index in [-0.39, 0.29) is 5.91 Å². The summed E-state index contributed by atoms with van der Waals surface area (Å²) >= 11 is 3.18. The number of nitrogens with zero attached hydrogens (tertiary/aromatic N) is 2. The van der Waals surface area contributed by atoms with Crippen LogP contribution in [0, 0.1) is 6.92 Å². The van der Waals surface area contributed by atoms with Crippen LogP contribution in [0.25, 0.3) is 0 Å². The Hall–Kier alpha value is -0.750. The van der Waals surface area contributed by atoms with Crippen LogP contribution in [0.1, 0.15) is 21.8 Å². The summed E-state index contributed by atoms with van der Waals surface area (Å²) in [5, 5.41) is 0.468.